The first-order valence-electron chi connectivity index (χ1n) is 6.72. The van der Waals surface area contributed by atoms with Gasteiger partial charge in [0.1, 0.15) is 11.6 Å². The lowest BCUT2D eigenvalue weighted by atomic mass is 10.1. The molecule has 22 heavy (non-hydrogen) atoms. The van der Waals surface area contributed by atoms with Crippen LogP contribution in [0.1, 0.15) is 0 Å². The zero-order chi connectivity index (χ0) is 15.4. The van der Waals surface area contributed by atoms with E-state index in [1.54, 1.807) is 6.07 Å². The van der Waals surface area contributed by atoms with Crippen LogP contribution in [0.3, 0.4) is 0 Å². The highest BCUT2D eigenvalue weighted by Crippen LogP contribution is 2.26. The van der Waals surface area contributed by atoms with Crippen molar-refractivity contribution in [3.8, 4) is 11.1 Å². The van der Waals surface area contributed by atoms with Crippen LogP contribution in [0.2, 0.25) is 5.02 Å². The molecule has 110 valence electrons. The first-order valence-corrected chi connectivity index (χ1v) is 7.91. The van der Waals surface area contributed by atoms with E-state index in [1.807, 2.05) is 36.4 Å². The van der Waals surface area contributed by atoms with E-state index in [9.17, 15) is 0 Å². The first kappa shape index (κ1) is 14.8. The summed E-state index contributed by atoms with van der Waals surface area (Å²) in [5.74, 6) is 1.25. The lowest BCUT2D eigenvalue weighted by molar-refractivity contribution is 1.34. The quantitative estimate of drug-likeness (QED) is 0.654. The molecule has 1 aromatic heterocycles. The standard InChI is InChI=1S/C17H14ClN3S/c18-14-8-4-12(5-9-14)13-6-10-15(11-7-13)22-21-17-3-1-2-16(19)20-17/h1-11H,(H3,19,20,21). The third kappa shape index (κ3) is 3.72. The molecule has 0 aliphatic rings. The molecule has 3 nitrogen and oxygen atoms in total. The number of aromatic nitrogens is 1. The summed E-state index contributed by atoms with van der Waals surface area (Å²) >= 11 is 7.41. The van der Waals surface area contributed by atoms with Crippen molar-refractivity contribution in [3.05, 3.63) is 71.8 Å². The second-order valence-electron chi connectivity index (χ2n) is 4.68. The highest BCUT2D eigenvalue weighted by molar-refractivity contribution is 8.00. The lowest BCUT2D eigenvalue weighted by Gasteiger charge is -2.06. The Hall–Kier alpha value is -2.17. The van der Waals surface area contributed by atoms with Gasteiger partial charge in [-0.15, -0.1) is 0 Å². The summed E-state index contributed by atoms with van der Waals surface area (Å²) in [6.45, 7) is 0. The van der Waals surface area contributed by atoms with Crippen molar-refractivity contribution in [2.75, 3.05) is 10.5 Å². The summed E-state index contributed by atoms with van der Waals surface area (Å²) in [5.41, 5.74) is 7.95. The van der Waals surface area contributed by atoms with Crippen molar-refractivity contribution in [1.82, 2.24) is 4.98 Å². The van der Waals surface area contributed by atoms with Crippen molar-refractivity contribution < 1.29 is 0 Å². The number of hydrogen-bond acceptors (Lipinski definition) is 4. The van der Waals surface area contributed by atoms with Crippen LogP contribution in [-0.4, -0.2) is 4.98 Å². The average Bonchev–Trinajstić information content (AvgIpc) is 2.54. The molecule has 0 saturated carbocycles. The third-order valence-electron chi connectivity index (χ3n) is 3.08. The van der Waals surface area contributed by atoms with Crippen molar-refractivity contribution in [2.45, 2.75) is 4.90 Å². The van der Waals surface area contributed by atoms with Gasteiger partial charge in [-0.3, -0.25) is 0 Å². The topological polar surface area (TPSA) is 50.9 Å². The highest BCUT2D eigenvalue weighted by atomic mass is 35.5. The van der Waals surface area contributed by atoms with E-state index in [1.165, 1.54) is 11.9 Å². The molecular weight excluding hydrogens is 314 g/mol. The molecule has 0 aliphatic heterocycles. The van der Waals surface area contributed by atoms with E-state index < -0.39 is 0 Å². The number of benzene rings is 2. The Kier molecular flexibility index (Phi) is 4.51. The molecule has 5 heteroatoms. The molecule has 3 N–H and O–H groups in total. The number of hydrogen-bond donors (Lipinski definition) is 2. The van der Waals surface area contributed by atoms with Gasteiger partial charge in [0.2, 0.25) is 0 Å². The first-order chi connectivity index (χ1) is 10.7. The van der Waals surface area contributed by atoms with Crippen molar-refractivity contribution in [2.24, 2.45) is 0 Å². The minimum atomic E-state index is 0.503. The Bertz CT molecular complexity index is 758. The Morgan fingerprint density at radius 3 is 2.14 bits per heavy atom. The molecule has 3 rings (SSSR count). The maximum Gasteiger partial charge on any atom is 0.138 e. The minimum Gasteiger partial charge on any atom is -0.384 e. The molecule has 1 heterocycles. The van der Waals surface area contributed by atoms with Crippen LogP contribution in [0.25, 0.3) is 11.1 Å². The van der Waals surface area contributed by atoms with Gasteiger partial charge in [0.25, 0.3) is 0 Å². The molecule has 0 spiro atoms. The van der Waals surface area contributed by atoms with Gasteiger partial charge in [0.05, 0.1) is 0 Å². The summed E-state index contributed by atoms with van der Waals surface area (Å²) in [5, 5.41) is 0.745. The summed E-state index contributed by atoms with van der Waals surface area (Å²) in [7, 11) is 0. The predicted octanol–water partition coefficient (Wildman–Crippen LogP) is 5.10. The minimum absolute atomic E-state index is 0.503. The Morgan fingerprint density at radius 2 is 1.50 bits per heavy atom. The van der Waals surface area contributed by atoms with Gasteiger partial charge in [-0.2, -0.15) is 0 Å². The van der Waals surface area contributed by atoms with Crippen molar-refractivity contribution in [3.63, 3.8) is 0 Å². The summed E-state index contributed by atoms with van der Waals surface area (Å²) in [4.78, 5) is 5.29. The monoisotopic (exact) mass is 327 g/mol. The van der Waals surface area contributed by atoms with E-state index in [-0.39, 0.29) is 0 Å². The van der Waals surface area contributed by atoms with E-state index in [4.69, 9.17) is 17.3 Å². The number of nitrogens with one attached hydrogen (secondary N) is 1. The normalized spacial score (nSPS) is 10.4. The van der Waals surface area contributed by atoms with E-state index >= 15 is 0 Å². The van der Waals surface area contributed by atoms with E-state index in [2.05, 4.69) is 34.0 Å². The molecule has 0 fully saturated rings. The number of nitrogens with zero attached hydrogens (tertiary/aromatic N) is 1. The van der Waals surface area contributed by atoms with Gasteiger partial charge in [0, 0.05) is 9.92 Å². The Balaban J connectivity index is 1.68. The van der Waals surface area contributed by atoms with Crippen molar-refractivity contribution in [1.29, 1.82) is 0 Å². The number of halogens is 1. The van der Waals surface area contributed by atoms with Crippen LogP contribution in [0.4, 0.5) is 11.6 Å². The number of anilines is 2. The Morgan fingerprint density at radius 1 is 0.864 bits per heavy atom. The molecule has 0 bridgehead atoms. The van der Waals surface area contributed by atoms with Gasteiger partial charge < -0.3 is 10.5 Å². The second-order valence-corrected chi connectivity index (χ2v) is 6.00. The van der Waals surface area contributed by atoms with E-state index in [0.29, 0.717) is 5.82 Å². The fourth-order valence-corrected chi connectivity index (χ4v) is 2.71. The van der Waals surface area contributed by atoms with Crippen LogP contribution in [-0.2, 0) is 0 Å². The number of nitrogens with two attached hydrogens (primary N) is 1. The number of pyridine rings is 1. The lowest BCUT2D eigenvalue weighted by Crippen LogP contribution is -1.94. The largest absolute Gasteiger partial charge is 0.384 e. The molecule has 0 saturated heterocycles. The van der Waals surface area contributed by atoms with Gasteiger partial charge in [-0.05, 0) is 59.5 Å². The molecule has 0 aliphatic carbocycles. The SMILES string of the molecule is Nc1cccc(NSc2ccc(-c3ccc(Cl)cc3)cc2)n1. The molecule has 0 unspecified atom stereocenters. The van der Waals surface area contributed by atoms with Crippen LogP contribution in [0.15, 0.2) is 71.6 Å². The summed E-state index contributed by atoms with van der Waals surface area (Å²) in [6.07, 6.45) is 0. The van der Waals surface area contributed by atoms with Crippen LogP contribution in [0, 0.1) is 0 Å². The van der Waals surface area contributed by atoms with Gasteiger partial charge in [-0.1, -0.05) is 41.9 Å². The molecular formula is C17H14ClN3S. The van der Waals surface area contributed by atoms with Crippen molar-refractivity contribution >= 4 is 35.2 Å². The van der Waals surface area contributed by atoms with Gasteiger partial charge >= 0.3 is 0 Å². The van der Waals surface area contributed by atoms with Crippen LogP contribution < -0.4 is 10.5 Å². The fourth-order valence-electron chi connectivity index (χ4n) is 1.98. The maximum atomic E-state index is 5.91. The Labute approximate surface area is 138 Å². The van der Waals surface area contributed by atoms with E-state index in [0.717, 1.165) is 26.9 Å². The van der Waals surface area contributed by atoms with Crippen LogP contribution >= 0.6 is 23.5 Å². The van der Waals surface area contributed by atoms with Crippen LogP contribution in [0.5, 0.6) is 0 Å². The zero-order valence-corrected chi connectivity index (χ0v) is 13.2. The molecule has 0 atom stereocenters. The number of rotatable bonds is 4. The average molecular weight is 328 g/mol. The van der Waals surface area contributed by atoms with Gasteiger partial charge in [0.15, 0.2) is 0 Å². The molecule has 2 aromatic carbocycles. The summed E-state index contributed by atoms with van der Waals surface area (Å²) < 4.78 is 3.18. The van der Waals surface area contributed by atoms with Gasteiger partial charge in [-0.25, -0.2) is 4.98 Å². The smallest absolute Gasteiger partial charge is 0.138 e. The molecule has 3 aromatic rings. The number of nitrogen functional groups attached to an aromatic ring is 1. The maximum absolute atomic E-state index is 5.91. The predicted molar refractivity (Wildman–Crippen MR) is 95.0 cm³/mol. The zero-order valence-electron chi connectivity index (χ0n) is 11.7. The second kappa shape index (κ2) is 6.73. The highest BCUT2D eigenvalue weighted by Gasteiger charge is 2.00. The third-order valence-corrected chi connectivity index (χ3v) is 4.15. The fraction of sp³-hybridized carbons (Fsp3) is 0. The summed E-state index contributed by atoms with van der Waals surface area (Å²) in [6, 6.07) is 21.6. The molecule has 0 amide bonds. The molecule has 0 radical (unpaired) electrons.